The zero-order chi connectivity index (χ0) is 19.3. The molecule has 0 saturated carbocycles. The Morgan fingerprint density at radius 3 is 2.46 bits per heavy atom. The van der Waals surface area contributed by atoms with Crippen molar-refractivity contribution < 1.29 is 13.2 Å². The molecule has 26 heavy (non-hydrogen) atoms. The van der Waals surface area contributed by atoms with Gasteiger partial charge in [0.05, 0.1) is 23.2 Å². The third-order valence-electron chi connectivity index (χ3n) is 3.19. The van der Waals surface area contributed by atoms with Crippen molar-refractivity contribution in [1.29, 1.82) is 0 Å². The van der Waals surface area contributed by atoms with Crippen LogP contribution in [-0.4, -0.2) is 33.3 Å². The van der Waals surface area contributed by atoms with Gasteiger partial charge in [-0.15, -0.1) is 0 Å². The molecule has 0 saturated heterocycles. The summed E-state index contributed by atoms with van der Waals surface area (Å²) in [4.78, 5) is 12.2. The van der Waals surface area contributed by atoms with Gasteiger partial charge in [-0.25, -0.2) is 13.8 Å². The van der Waals surface area contributed by atoms with Crippen LogP contribution in [0.4, 0.5) is 5.69 Å². The summed E-state index contributed by atoms with van der Waals surface area (Å²) in [6.07, 6.45) is 2.41. The van der Waals surface area contributed by atoms with E-state index in [1.165, 1.54) is 6.21 Å². The molecule has 0 aliphatic rings. The van der Waals surface area contributed by atoms with Crippen LogP contribution in [0.15, 0.2) is 56.5 Å². The molecule has 0 bridgehead atoms. The molecule has 2 aromatic carbocycles. The number of benzene rings is 2. The summed E-state index contributed by atoms with van der Waals surface area (Å²) in [5.41, 5.74) is 3.27. The zero-order valence-corrected chi connectivity index (χ0v) is 18.2. The number of nitrogens with one attached hydrogen (secondary N) is 1. The van der Waals surface area contributed by atoms with Gasteiger partial charge >= 0.3 is 0 Å². The van der Waals surface area contributed by atoms with Gasteiger partial charge in [0.1, 0.15) is 6.54 Å². The maximum absolute atomic E-state index is 12.2. The number of halogens is 3. The Kier molecular flexibility index (Phi) is 7.22. The summed E-state index contributed by atoms with van der Waals surface area (Å²) in [5, 5.41) is 4.30. The van der Waals surface area contributed by atoms with Crippen LogP contribution >= 0.6 is 43.5 Å². The van der Waals surface area contributed by atoms with Gasteiger partial charge in [-0.05, 0) is 40.2 Å². The number of hydrogen-bond donors (Lipinski definition) is 1. The van der Waals surface area contributed by atoms with E-state index in [2.05, 4.69) is 42.4 Å². The van der Waals surface area contributed by atoms with E-state index in [-0.39, 0.29) is 0 Å². The predicted molar refractivity (Wildman–Crippen MR) is 111 cm³/mol. The van der Waals surface area contributed by atoms with Crippen LogP contribution in [0.1, 0.15) is 5.56 Å². The molecule has 0 aliphatic heterocycles. The molecule has 0 atom stereocenters. The van der Waals surface area contributed by atoms with Gasteiger partial charge in [0.25, 0.3) is 5.91 Å². The van der Waals surface area contributed by atoms with Crippen molar-refractivity contribution in [1.82, 2.24) is 5.43 Å². The Labute approximate surface area is 173 Å². The monoisotopic (exact) mass is 521 g/mol. The second-order valence-electron chi connectivity index (χ2n) is 5.15. The number of anilines is 1. The quantitative estimate of drug-likeness (QED) is 0.462. The van der Waals surface area contributed by atoms with E-state index >= 15 is 0 Å². The van der Waals surface area contributed by atoms with Gasteiger partial charge in [0, 0.05) is 14.5 Å². The summed E-state index contributed by atoms with van der Waals surface area (Å²) in [5.74, 6) is -0.592. The molecule has 0 aliphatic carbocycles. The molecule has 1 amide bonds. The highest BCUT2D eigenvalue weighted by Crippen LogP contribution is 2.27. The number of nitrogens with zero attached hydrogens (tertiary/aromatic N) is 2. The summed E-state index contributed by atoms with van der Waals surface area (Å²) in [6, 6.07) is 12.0. The van der Waals surface area contributed by atoms with Gasteiger partial charge in [0.15, 0.2) is 0 Å². The molecule has 2 aromatic rings. The van der Waals surface area contributed by atoms with Crippen molar-refractivity contribution in [3.63, 3.8) is 0 Å². The lowest BCUT2D eigenvalue weighted by Crippen LogP contribution is -2.39. The van der Waals surface area contributed by atoms with Crippen LogP contribution in [0.3, 0.4) is 0 Å². The van der Waals surface area contributed by atoms with Gasteiger partial charge in [0.2, 0.25) is 10.0 Å². The maximum atomic E-state index is 12.2. The fraction of sp³-hybridized carbons (Fsp3) is 0.125. The molecular weight excluding hydrogens is 510 g/mol. The molecule has 0 unspecified atom stereocenters. The lowest BCUT2D eigenvalue weighted by atomic mass is 10.2. The molecular formula is C16H14Br2ClN3O3S. The van der Waals surface area contributed by atoms with Crippen LogP contribution in [0.5, 0.6) is 0 Å². The van der Waals surface area contributed by atoms with E-state index in [4.69, 9.17) is 11.6 Å². The first-order valence-electron chi connectivity index (χ1n) is 7.18. The average molecular weight is 524 g/mol. The minimum atomic E-state index is -3.66. The van der Waals surface area contributed by atoms with E-state index in [0.29, 0.717) is 25.2 Å². The highest BCUT2D eigenvalue weighted by Gasteiger charge is 2.22. The summed E-state index contributed by atoms with van der Waals surface area (Å²) in [7, 11) is -3.66. The van der Waals surface area contributed by atoms with Crippen molar-refractivity contribution in [3.8, 4) is 0 Å². The first kappa shape index (κ1) is 20.9. The topological polar surface area (TPSA) is 78.8 Å². The Morgan fingerprint density at radius 1 is 1.19 bits per heavy atom. The van der Waals surface area contributed by atoms with E-state index in [1.54, 1.807) is 42.5 Å². The standard InChI is InChI=1S/C16H14Br2ClN3O3S/c1-26(24,25)22(15-8-3-2-5-13(15)18)10-16(23)21-20-9-11-12(17)6-4-7-14(11)19/h2-9H,10H2,1H3,(H,21,23)/b20-9+. The number of sulfonamides is 1. The lowest BCUT2D eigenvalue weighted by Gasteiger charge is -2.22. The molecule has 10 heteroatoms. The first-order valence-corrected chi connectivity index (χ1v) is 11.0. The number of carbonyl (C=O) groups excluding carboxylic acids is 1. The highest BCUT2D eigenvalue weighted by atomic mass is 79.9. The normalized spacial score (nSPS) is 11.5. The smallest absolute Gasteiger partial charge is 0.260 e. The molecule has 6 nitrogen and oxygen atoms in total. The average Bonchev–Trinajstić information content (AvgIpc) is 2.55. The van der Waals surface area contributed by atoms with Gasteiger partial charge in [-0.1, -0.05) is 45.7 Å². The zero-order valence-electron chi connectivity index (χ0n) is 13.5. The van der Waals surface area contributed by atoms with Crippen LogP contribution in [0.2, 0.25) is 5.02 Å². The van der Waals surface area contributed by atoms with Gasteiger partial charge in [-0.2, -0.15) is 5.10 Å². The summed E-state index contributed by atoms with van der Waals surface area (Å²) in [6.45, 7) is -0.414. The number of amides is 1. The maximum Gasteiger partial charge on any atom is 0.260 e. The fourth-order valence-electron chi connectivity index (χ4n) is 2.00. The van der Waals surface area contributed by atoms with Crippen LogP contribution < -0.4 is 9.73 Å². The third kappa shape index (κ3) is 5.54. The third-order valence-corrected chi connectivity index (χ3v) is 6.01. The van der Waals surface area contributed by atoms with E-state index in [0.717, 1.165) is 10.6 Å². The predicted octanol–water partition coefficient (Wildman–Crippen LogP) is 3.78. The SMILES string of the molecule is CS(=O)(=O)N(CC(=O)N/N=C/c1c(Cl)cccc1Br)c1ccccc1Br. The minimum absolute atomic E-state index is 0.364. The van der Waals surface area contributed by atoms with E-state index in [9.17, 15) is 13.2 Å². The van der Waals surface area contributed by atoms with E-state index in [1.807, 2.05) is 0 Å². The lowest BCUT2D eigenvalue weighted by molar-refractivity contribution is -0.119. The van der Waals surface area contributed by atoms with Gasteiger partial charge < -0.3 is 0 Å². The summed E-state index contributed by atoms with van der Waals surface area (Å²) >= 11 is 12.7. The second-order valence-corrected chi connectivity index (χ2v) is 9.17. The second kappa shape index (κ2) is 8.98. The van der Waals surface area contributed by atoms with Crippen molar-refractivity contribution in [2.75, 3.05) is 17.1 Å². The van der Waals surface area contributed by atoms with Crippen molar-refractivity contribution in [2.24, 2.45) is 5.10 Å². The van der Waals surface area contributed by atoms with Crippen molar-refractivity contribution in [3.05, 3.63) is 62.0 Å². The Morgan fingerprint density at radius 2 is 1.85 bits per heavy atom. The van der Waals surface area contributed by atoms with E-state index < -0.39 is 22.5 Å². The Balaban J connectivity index is 2.14. The van der Waals surface area contributed by atoms with Crippen LogP contribution in [0.25, 0.3) is 0 Å². The van der Waals surface area contributed by atoms with Crippen molar-refractivity contribution >= 4 is 71.3 Å². The highest BCUT2D eigenvalue weighted by molar-refractivity contribution is 9.11. The molecule has 1 N–H and O–H groups in total. The molecule has 2 rings (SSSR count). The molecule has 0 spiro atoms. The number of rotatable bonds is 6. The first-order chi connectivity index (χ1) is 12.2. The molecule has 0 fully saturated rings. The largest absolute Gasteiger partial charge is 0.271 e. The van der Waals surface area contributed by atoms with Crippen LogP contribution in [-0.2, 0) is 14.8 Å². The number of carbonyl (C=O) groups is 1. The number of para-hydroxylation sites is 1. The van der Waals surface area contributed by atoms with Crippen molar-refractivity contribution in [2.45, 2.75) is 0 Å². The Hall–Kier alpha value is -1.42. The molecule has 0 aromatic heterocycles. The molecule has 138 valence electrons. The number of hydrazone groups is 1. The van der Waals surface area contributed by atoms with Crippen LogP contribution in [0, 0.1) is 0 Å². The molecule has 0 radical (unpaired) electrons. The van der Waals surface area contributed by atoms with Gasteiger partial charge in [-0.3, -0.25) is 9.10 Å². The molecule has 0 heterocycles. The summed E-state index contributed by atoms with van der Waals surface area (Å²) < 4.78 is 26.4. The minimum Gasteiger partial charge on any atom is -0.271 e. The number of hydrogen-bond acceptors (Lipinski definition) is 4. The fourth-order valence-corrected chi connectivity index (χ4v) is 4.29. The Bertz CT molecular complexity index is 931.